The molecule has 7 nitrogen and oxygen atoms in total. The Morgan fingerprint density at radius 1 is 0.844 bits per heavy atom. The van der Waals surface area contributed by atoms with Crippen molar-refractivity contribution in [2.75, 3.05) is 19.8 Å². The molecule has 45 heavy (non-hydrogen) atoms. The number of hydrogen-bond donors (Lipinski definition) is 2. The van der Waals surface area contributed by atoms with Crippen LogP contribution in [0.3, 0.4) is 0 Å². The minimum Gasteiger partial charge on any atom is -0.463 e. The Labute approximate surface area is 267 Å². The van der Waals surface area contributed by atoms with E-state index < -0.39 is 12.0 Å². The van der Waals surface area contributed by atoms with Gasteiger partial charge in [-0.3, -0.25) is 14.4 Å². The predicted molar refractivity (Wildman–Crippen MR) is 178 cm³/mol. The number of aliphatic hydroxyl groups excluding tert-OH is 1. The van der Waals surface area contributed by atoms with Gasteiger partial charge in [-0.05, 0) is 48.8 Å². The monoisotopic (exact) mass is 610 g/mol. The largest absolute Gasteiger partial charge is 0.463 e. The first-order valence-electron chi connectivity index (χ1n) is 15.6. The number of carbonyl (C=O) groups is 3. The average Bonchev–Trinajstić information content (AvgIpc) is 3.07. The highest BCUT2D eigenvalue weighted by atomic mass is 16.5. The molecule has 0 aliphatic rings. The molecule has 0 unspecified atom stereocenters. The maximum Gasteiger partial charge on any atom is 0.309 e. The van der Waals surface area contributed by atoms with Crippen LogP contribution in [-0.4, -0.2) is 47.5 Å². The van der Waals surface area contributed by atoms with E-state index >= 15 is 0 Å². The number of amides is 2. The Kier molecular flexibility index (Phi) is 15.3. The molecule has 0 aliphatic carbocycles. The van der Waals surface area contributed by atoms with Crippen molar-refractivity contribution >= 4 is 17.8 Å². The van der Waals surface area contributed by atoms with Crippen LogP contribution in [0.1, 0.15) is 54.8 Å². The van der Waals surface area contributed by atoms with Crippen LogP contribution in [0, 0.1) is 11.8 Å². The maximum absolute atomic E-state index is 13.7. The molecule has 0 spiro atoms. The molecule has 3 aromatic carbocycles. The van der Waals surface area contributed by atoms with Crippen LogP contribution < -0.4 is 5.32 Å². The lowest BCUT2D eigenvalue weighted by molar-refractivity contribution is -0.150. The second kappa shape index (κ2) is 19.7. The zero-order chi connectivity index (χ0) is 32.3. The minimum atomic E-state index is -0.682. The molecule has 3 atom stereocenters. The highest BCUT2D eigenvalue weighted by Gasteiger charge is 2.28. The Morgan fingerprint density at radius 2 is 1.47 bits per heavy atom. The molecule has 0 bridgehead atoms. The quantitative estimate of drug-likeness (QED) is 0.0902. The molecule has 2 N–H and O–H groups in total. The fourth-order valence-electron chi connectivity index (χ4n) is 5.23. The number of nitrogens with one attached hydrogen (secondary N) is 1. The van der Waals surface area contributed by atoms with Crippen molar-refractivity contribution in [1.82, 2.24) is 10.2 Å². The van der Waals surface area contributed by atoms with E-state index in [0.717, 1.165) is 29.5 Å². The van der Waals surface area contributed by atoms with Gasteiger partial charge in [0, 0.05) is 19.5 Å². The molecule has 3 rings (SSSR count). The lowest BCUT2D eigenvalue weighted by Gasteiger charge is -2.26. The van der Waals surface area contributed by atoms with E-state index in [-0.39, 0.29) is 49.9 Å². The number of nitrogens with zero attached hydrogens (tertiary/aromatic N) is 1. The van der Waals surface area contributed by atoms with Crippen LogP contribution in [0.25, 0.3) is 0 Å². The normalized spacial score (nSPS) is 12.7. The van der Waals surface area contributed by atoms with Gasteiger partial charge in [0.1, 0.15) is 6.61 Å². The summed E-state index contributed by atoms with van der Waals surface area (Å²) in [6.07, 6.45) is 6.58. The molecule has 0 saturated heterocycles. The summed E-state index contributed by atoms with van der Waals surface area (Å²) in [5.41, 5.74) is 2.79. The summed E-state index contributed by atoms with van der Waals surface area (Å²) < 4.78 is 5.88. The van der Waals surface area contributed by atoms with Gasteiger partial charge < -0.3 is 20.1 Å². The average molecular weight is 611 g/mol. The Hall–Kier alpha value is -4.49. The number of allylic oxidation sites excluding steroid dienone is 2. The second-order valence-corrected chi connectivity index (χ2v) is 11.2. The van der Waals surface area contributed by atoms with Gasteiger partial charge in [0.2, 0.25) is 11.8 Å². The lowest BCUT2D eigenvalue weighted by atomic mass is 9.94. The van der Waals surface area contributed by atoms with Crippen molar-refractivity contribution in [3.8, 4) is 0 Å². The molecular weight excluding hydrogens is 564 g/mol. The molecule has 7 heteroatoms. The minimum absolute atomic E-state index is 0.0409. The first kappa shape index (κ1) is 35.0. The van der Waals surface area contributed by atoms with Crippen LogP contribution in [0.5, 0.6) is 0 Å². The summed E-state index contributed by atoms with van der Waals surface area (Å²) >= 11 is 0. The van der Waals surface area contributed by atoms with Gasteiger partial charge >= 0.3 is 5.97 Å². The maximum atomic E-state index is 13.7. The number of carbonyl (C=O) groups excluding carboxylic acids is 3. The van der Waals surface area contributed by atoms with E-state index in [9.17, 15) is 19.5 Å². The first-order chi connectivity index (χ1) is 21.9. The topological polar surface area (TPSA) is 95.9 Å². The number of ether oxygens (including phenoxy) is 1. The highest BCUT2D eigenvalue weighted by molar-refractivity contribution is 5.86. The standard InChI is InChI=1S/C38H46N2O5/c1-3-5-9-23-34(26-30-17-10-6-11-18-30)38(44)45-29-35(32-21-14-8-15-22-32)39-37(43)33(16-4-2)27-36(42)40(24-25-41)28-31-19-12-7-13-20-31/h3-4,6-8,10-15,17-22,33-35,41H,1-2,5,9,16,23-29H2,(H,39,43)/t33-,34+,35-/m0/s1. The Morgan fingerprint density at radius 3 is 2.07 bits per heavy atom. The van der Waals surface area contributed by atoms with Crippen molar-refractivity contribution in [2.24, 2.45) is 11.8 Å². The zero-order valence-electron chi connectivity index (χ0n) is 26.1. The van der Waals surface area contributed by atoms with Crippen LogP contribution in [0.4, 0.5) is 0 Å². The van der Waals surface area contributed by atoms with Crippen molar-refractivity contribution in [3.63, 3.8) is 0 Å². The summed E-state index contributed by atoms with van der Waals surface area (Å²) in [4.78, 5) is 42.0. The molecule has 0 radical (unpaired) electrons. The SMILES string of the molecule is C=CCCC[C@H](Cc1ccccc1)C(=O)OC[C@H](NC(=O)[C@@H](CC=C)CC(=O)N(CCO)Cc1ccccc1)c1ccccc1. The van der Waals surface area contributed by atoms with Gasteiger partial charge in [-0.2, -0.15) is 0 Å². The van der Waals surface area contributed by atoms with Crippen molar-refractivity contribution in [2.45, 2.75) is 51.1 Å². The van der Waals surface area contributed by atoms with E-state index in [1.807, 2.05) is 97.1 Å². The van der Waals surface area contributed by atoms with Crippen LogP contribution in [-0.2, 0) is 32.1 Å². The third kappa shape index (κ3) is 12.2. The highest BCUT2D eigenvalue weighted by Crippen LogP contribution is 2.21. The van der Waals surface area contributed by atoms with Gasteiger partial charge in [-0.25, -0.2) is 0 Å². The molecular formula is C38H46N2O5. The third-order valence-electron chi connectivity index (χ3n) is 7.71. The molecule has 0 aliphatic heterocycles. The number of hydrogen-bond acceptors (Lipinski definition) is 5. The number of esters is 1. The summed E-state index contributed by atoms with van der Waals surface area (Å²) in [7, 11) is 0. The molecule has 0 saturated carbocycles. The van der Waals surface area contributed by atoms with E-state index in [1.54, 1.807) is 11.0 Å². The van der Waals surface area contributed by atoms with E-state index in [0.29, 0.717) is 25.8 Å². The summed E-state index contributed by atoms with van der Waals surface area (Å²) in [6, 6.07) is 28.2. The summed E-state index contributed by atoms with van der Waals surface area (Å²) in [6.45, 7) is 7.87. The number of benzene rings is 3. The fraction of sp³-hybridized carbons (Fsp3) is 0.342. The van der Waals surface area contributed by atoms with Crippen LogP contribution in [0.15, 0.2) is 116 Å². The molecule has 2 amide bonds. The Balaban J connectivity index is 1.71. The van der Waals surface area contributed by atoms with E-state index in [4.69, 9.17) is 4.74 Å². The first-order valence-corrected chi connectivity index (χ1v) is 15.6. The van der Waals surface area contributed by atoms with Crippen molar-refractivity contribution < 1.29 is 24.2 Å². The van der Waals surface area contributed by atoms with Gasteiger partial charge in [-0.1, -0.05) is 103 Å². The predicted octanol–water partition coefficient (Wildman–Crippen LogP) is 6.21. The molecule has 0 fully saturated rings. The molecule has 3 aromatic rings. The second-order valence-electron chi connectivity index (χ2n) is 11.2. The summed E-state index contributed by atoms with van der Waals surface area (Å²) in [5, 5.41) is 12.6. The van der Waals surface area contributed by atoms with Gasteiger partial charge in [0.05, 0.1) is 24.5 Å². The number of unbranched alkanes of at least 4 members (excludes halogenated alkanes) is 1. The third-order valence-corrected chi connectivity index (χ3v) is 7.71. The number of rotatable bonds is 20. The van der Waals surface area contributed by atoms with Crippen LogP contribution >= 0.6 is 0 Å². The Bertz CT molecular complexity index is 1330. The van der Waals surface area contributed by atoms with Crippen LogP contribution in [0.2, 0.25) is 0 Å². The summed E-state index contributed by atoms with van der Waals surface area (Å²) in [5.74, 6) is -1.88. The van der Waals surface area contributed by atoms with E-state index in [2.05, 4.69) is 18.5 Å². The molecule has 0 heterocycles. The van der Waals surface area contributed by atoms with Gasteiger partial charge in [0.25, 0.3) is 0 Å². The van der Waals surface area contributed by atoms with E-state index in [1.165, 1.54) is 0 Å². The van der Waals surface area contributed by atoms with Crippen molar-refractivity contribution in [1.29, 1.82) is 0 Å². The zero-order valence-corrected chi connectivity index (χ0v) is 26.1. The number of aliphatic hydroxyl groups is 1. The lowest BCUT2D eigenvalue weighted by Crippen LogP contribution is -2.40. The van der Waals surface area contributed by atoms with Crippen molar-refractivity contribution in [3.05, 3.63) is 133 Å². The smallest absolute Gasteiger partial charge is 0.309 e. The molecule has 238 valence electrons. The molecule has 0 aromatic heterocycles. The van der Waals surface area contributed by atoms with Gasteiger partial charge in [0.15, 0.2) is 0 Å². The van der Waals surface area contributed by atoms with Gasteiger partial charge in [-0.15, -0.1) is 13.2 Å². The fourth-order valence-corrected chi connectivity index (χ4v) is 5.23.